The molecule has 1 aromatic rings. The van der Waals surface area contributed by atoms with E-state index in [0.717, 1.165) is 34.7 Å². The number of carbonyl (C=O) groups is 1. The van der Waals surface area contributed by atoms with E-state index in [1.54, 1.807) is 11.3 Å². The minimum atomic E-state index is 0.0572. The van der Waals surface area contributed by atoms with Crippen molar-refractivity contribution < 1.29 is 4.79 Å². The first-order valence-corrected chi connectivity index (χ1v) is 8.85. The van der Waals surface area contributed by atoms with E-state index in [9.17, 15) is 4.79 Å². The van der Waals surface area contributed by atoms with E-state index in [2.05, 4.69) is 29.0 Å². The largest absolute Gasteiger partial charge is 0.351 e. The second kappa shape index (κ2) is 6.05. The highest BCUT2D eigenvalue weighted by Crippen LogP contribution is 2.31. The number of nitrogens with one attached hydrogen (secondary N) is 1. The van der Waals surface area contributed by atoms with Crippen molar-refractivity contribution in [1.82, 2.24) is 15.2 Å². The zero-order valence-corrected chi connectivity index (χ0v) is 14.0. The Balaban J connectivity index is 1.52. The van der Waals surface area contributed by atoms with Crippen molar-refractivity contribution in [1.29, 1.82) is 0 Å². The van der Waals surface area contributed by atoms with Crippen LogP contribution in [0, 0.1) is 12.8 Å². The fourth-order valence-corrected chi connectivity index (χ4v) is 3.98. The second-order valence-corrected chi connectivity index (χ2v) is 7.74. The fourth-order valence-electron chi connectivity index (χ4n) is 2.99. The molecule has 5 heteroatoms. The molecule has 0 aromatic carbocycles. The standard InChI is InChI=1S/C16H25N3OS/c1-10(2)16-18-11(3)14(21-16)15(20)17-8-12-6-7-19(9-12)13-4-5-13/h10,12-13H,4-9H2,1-3H3,(H,17,20)/t12-/m1/s1. The third kappa shape index (κ3) is 3.46. The quantitative estimate of drug-likeness (QED) is 0.910. The van der Waals surface area contributed by atoms with Crippen LogP contribution in [0.5, 0.6) is 0 Å². The van der Waals surface area contributed by atoms with Gasteiger partial charge in [0.2, 0.25) is 0 Å². The number of hydrogen-bond acceptors (Lipinski definition) is 4. The van der Waals surface area contributed by atoms with Gasteiger partial charge in [-0.1, -0.05) is 13.8 Å². The summed E-state index contributed by atoms with van der Waals surface area (Å²) < 4.78 is 0. The van der Waals surface area contributed by atoms with Gasteiger partial charge in [0, 0.05) is 25.0 Å². The zero-order chi connectivity index (χ0) is 15.0. The van der Waals surface area contributed by atoms with Gasteiger partial charge in [0.15, 0.2) is 0 Å². The molecule has 2 fully saturated rings. The summed E-state index contributed by atoms with van der Waals surface area (Å²) in [7, 11) is 0. The number of hydrogen-bond donors (Lipinski definition) is 1. The summed E-state index contributed by atoms with van der Waals surface area (Å²) in [5.41, 5.74) is 0.868. The van der Waals surface area contributed by atoms with Gasteiger partial charge in [-0.3, -0.25) is 4.79 Å². The molecule has 0 spiro atoms. The van der Waals surface area contributed by atoms with Gasteiger partial charge in [-0.05, 0) is 38.6 Å². The number of rotatable bonds is 5. The van der Waals surface area contributed by atoms with E-state index in [1.165, 1.54) is 25.8 Å². The maximum Gasteiger partial charge on any atom is 0.263 e. The van der Waals surface area contributed by atoms with Crippen molar-refractivity contribution >= 4 is 17.2 Å². The summed E-state index contributed by atoms with van der Waals surface area (Å²) in [6.07, 6.45) is 3.96. The maximum absolute atomic E-state index is 12.3. The van der Waals surface area contributed by atoms with Crippen LogP contribution in [0.3, 0.4) is 0 Å². The van der Waals surface area contributed by atoms with Crippen LogP contribution < -0.4 is 5.32 Å². The van der Waals surface area contributed by atoms with Gasteiger partial charge in [-0.2, -0.15) is 0 Å². The van der Waals surface area contributed by atoms with Gasteiger partial charge in [0.1, 0.15) is 4.88 Å². The number of thiazole rings is 1. The Morgan fingerprint density at radius 3 is 2.81 bits per heavy atom. The number of likely N-dealkylation sites (tertiary alicyclic amines) is 1. The summed E-state index contributed by atoms with van der Waals surface area (Å²) in [4.78, 5) is 20.2. The minimum absolute atomic E-state index is 0.0572. The Morgan fingerprint density at radius 2 is 2.19 bits per heavy atom. The van der Waals surface area contributed by atoms with Gasteiger partial charge in [0.05, 0.1) is 10.7 Å². The molecule has 1 saturated heterocycles. The summed E-state index contributed by atoms with van der Waals surface area (Å²) >= 11 is 1.54. The van der Waals surface area contributed by atoms with E-state index in [4.69, 9.17) is 0 Å². The molecule has 1 N–H and O–H groups in total. The van der Waals surface area contributed by atoms with Crippen molar-refractivity contribution in [2.45, 2.75) is 52.0 Å². The summed E-state index contributed by atoms with van der Waals surface area (Å²) in [5.74, 6) is 1.06. The molecule has 2 heterocycles. The molecular weight excluding hydrogens is 282 g/mol. The summed E-state index contributed by atoms with van der Waals surface area (Å²) in [6.45, 7) is 9.33. The second-order valence-electron chi connectivity index (χ2n) is 6.71. The first kappa shape index (κ1) is 15.0. The lowest BCUT2D eigenvalue weighted by Gasteiger charge is -2.15. The van der Waals surface area contributed by atoms with Crippen LogP contribution in [0.4, 0.5) is 0 Å². The molecule has 0 radical (unpaired) electrons. The Hall–Kier alpha value is -0.940. The molecule has 4 nitrogen and oxygen atoms in total. The average molecular weight is 307 g/mol. The molecule has 116 valence electrons. The van der Waals surface area contributed by atoms with Crippen molar-refractivity contribution in [3.8, 4) is 0 Å². The third-order valence-corrected chi connectivity index (χ3v) is 5.90. The molecule has 1 aliphatic heterocycles. The van der Waals surface area contributed by atoms with Gasteiger partial charge < -0.3 is 10.2 Å². The maximum atomic E-state index is 12.3. The number of carbonyl (C=O) groups excluding carboxylic acids is 1. The van der Waals surface area contributed by atoms with Crippen LogP contribution in [0.1, 0.15) is 59.4 Å². The van der Waals surface area contributed by atoms with Crippen LogP contribution in [0.2, 0.25) is 0 Å². The lowest BCUT2D eigenvalue weighted by Crippen LogP contribution is -2.31. The lowest BCUT2D eigenvalue weighted by molar-refractivity contribution is 0.0950. The van der Waals surface area contributed by atoms with Gasteiger partial charge in [-0.15, -0.1) is 11.3 Å². The molecule has 0 unspecified atom stereocenters. The molecule has 0 bridgehead atoms. The van der Waals surface area contributed by atoms with Gasteiger partial charge >= 0.3 is 0 Å². The van der Waals surface area contributed by atoms with E-state index < -0.39 is 0 Å². The van der Waals surface area contributed by atoms with E-state index >= 15 is 0 Å². The van der Waals surface area contributed by atoms with Crippen LogP contribution >= 0.6 is 11.3 Å². The zero-order valence-electron chi connectivity index (χ0n) is 13.2. The lowest BCUT2D eigenvalue weighted by atomic mass is 10.1. The molecule has 1 saturated carbocycles. The Kier molecular flexibility index (Phi) is 4.31. The molecule has 1 amide bonds. The Bertz CT molecular complexity index is 522. The summed E-state index contributed by atoms with van der Waals surface area (Å²) in [6, 6.07) is 0.850. The molecule has 2 aliphatic rings. The number of aromatic nitrogens is 1. The summed E-state index contributed by atoms with van der Waals surface area (Å²) in [5, 5.41) is 4.17. The van der Waals surface area contributed by atoms with Gasteiger partial charge in [0.25, 0.3) is 5.91 Å². The Morgan fingerprint density at radius 1 is 1.43 bits per heavy atom. The third-order valence-electron chi connectivity index (χ3n) is 4.45. The normalized spacial score (nSPS) is 23.0. The monoisotopic (exact) mass is 307 g/mol. The molecular formula is C16H25N3OS. The van der Waals surface area contributed by atoms with Crippen LogP contribution in [0.15, 0.2) is 0 Å². The first-order valence-electron chi connectivity index (χ1n) is 8.04. The van der Waals surface area contributed by atoms with Crippen LogP contribution in [0.25, 0.3) is 0 Å². The van der Waals surface area contributed by atoms with Crippen molar-refractivity contribution in [3.63, 3.8) is 0 Å². The highest BCUT2D eigenvalue weighted by molar-refractivity contribution is 7.13. The molecule has 1 aromatic heterocycles. The number of aryl methyl sites for hydroxylation is 1. The minimum Gasteiger partial charge on any atom is -0.351 e. The topological polar surface area (TPSA) is 45.2 Å². The van der Waals surface area contributed by atoms with E-state index in [0.29, 0.717) is 11.8 Å². The first-order chi connectivity index (χ1) is 10.0. The molecule has 3 rings (SSSR count). The number of amides is 1. The Labute approximate surface area is 130 Å². The van der Waals surface area contributed by atoms with Gasteiger partial charge in [-0.25, -0.2) is 4.98 Å². The molecule has 21 heavy (non-hydrogen) atoms. The predicted molar refractivity (Wildman–Crippen MR) is 86.0 cm³/mol. The highest BCUT2D eigenvalue weighted by atomic mass is 32.1. The number of nitrogens with zero attached hydrogens (tertiary/aromatic N) is 2. The van der Waals surface area contributed by atoms with Crippen LogP contribution in [-0.2, 0) is 0 Å². The SMILES string of the molecule is Cc1nc(C(C)C)sc1C(=O)NC[C@H]1CCN(C2CC2)C1. The van der Waals surface area contributed by atoms with E-state index in [1.807, 2.05) is 6.92 Å². The van der Waals surface area contributed by atoms with Crippen molar-refractivity contribution in [3.05, 3.63) is 15.6 Å². The highest BCUT2D eigenvalue weighted by Gasteiger charge is 2.34. The smallest absolute Gasteiger partial charge is 0.263 e. The van der Waals surface area contributed by atoms with E-state index in [-0.39, 0.29) is 5.91 Å². The van der Waals surface area contributed by atoms with Crippen molar-refractivity contribution in [2.24, 2.45) is 5.92 Å². The average Bonchev–Trinajstić information content (AvgIpc) is 3.05. The molecule has 1 aliphatic carbocycles. The molecule has 1 atom stereocenters. The predicted octanol–water partition coefficient (Wildman–Crippen LogP) is 2.79. The fraction of sp³-hybridized carbons (Fsp3) is 0.750. The van der Waals surface area contributed by atoms with Crippen LogP contribution in [-0.4, -0.2) is 41.5 Å². The van der Waals surface area contributed by atoms with Crippen molar-refractivity contribution in [2.75, 3.05) is 19.6 Å².